The van der Waals surface area contributed by atoms with E-state index in [0.717, 1.165) is 34.5 Å². The molecule has 1 amide bonds. The number of fused-ring (bicyclic) bond motifs is 1. The quantitative estimate of drug-likeness (QED) is 0.274. The number of rotatable bonds is 7. The number of amides is 1. The van der Waals surface area contributed by atoms with Gasteiger partial charge in [0.2, 0.25) is 0 Å². The molecule has 4 aromatic carbocycles. The van der Waals surface area contributed by atoms with Crippen LogP contribution in [-0.2, 0) is 23.9 Å². The van der Waals surface area contributed by atoms with Crippen molar-refractivity contribution in [3.05, 3.63) is 119 Å². The summed E-state index contributed by atoms with van der Waals surface area (Å²) in [7, 11) is 3.90. The van der Waals surface area contributed by atoms with Crippen molar-refractivity contribution < 1.29 is 22.8 Å². The van der Waals surface area contributed by atoms with Crippen LogP contribution in [0.25, 0.3) is 11.1 Å². The number of hydrogen-bond acceptors (Lipinski definition) is 4. The van der Waals surface area contributed by atoms with Crippen LogP contribution in [0.3, 0.4) is 0 Å². The lowest BCUT2D eigenvalue weighted by molar-refractivity contribution is -0.137. The van der Waals surface area contributed by atoms with Crippen LogP contribution in [0.1, 0.15) is 38.7 Å². The molecule has 0 saturated heterocycles. The third-order valence-electron chi connectivity index (χ3n) is 7.06. The highest BCUT2D eigenvalue weighted by Crippen LogP contribution is 2.33. The van der Waals surface area contributed by atoms with Crippen LogP contribution in [0.15, 0.2) is 91.0 Å². The van der Waals surface area contributed by atoms with Crippen molar-refractivity contribution in [2.75, 3.05) is 24.3 Å². The fraction of sp³-hybridized carbons (Fsp3) is 0.188. The minimum Gasteiger partial charge on any atom is -0.377 e. The smallest absolute Gasteiger partial charge is 0.377 e. The van der Waals surface area contributed by atoms with Crippen LogP contribution < -0.4 is 15.5 Å². The Balaban J connectivity index is 1.32. The van der Waals surface area contributed by atoms with Gasteiger partial charge in [0.1, 0.15) is 0 Å². The molecule has 1 heterocycles. The second-order valence-corrected chi connectivity index (χ2v) is 9.97. The predicted molar refractivity (Wildman–Crippen MR) is 150 cm³/mol. The number of carbonyl (C=O) groups is 2. The molecule has 1 aliphatic rings. The second kappa shape index (κ2) is 11.0. The average Bonchev–Trinajstić information content (AvgIpc) is 3.36. The molecule has 1 aliphatic heterocycles. The van der Waals surface area contributed by atoms with Gasteiger partial charge in [0.05, 0.1) is 11.6 Å². The lowest BCUT2D eigenvalue weighted by Gasteiger charge is -2.18. The van der Waals surface area contributed by atoms with Crippen molar-refractivity contribution in [1.82, 2.24) is 5.32 Å². The normalized spacial score (nSPS) is 14.5. The van der Waals surface area contributed by atoms with E-state index in [2.05, 4.69) is 10.6 Å². The van der Waals surface area contributed by atoms with Gasteiger partial charge in [0, 0.05) is 44.0 Å². The van der Waals surface area contributed by atoms with Gasteiger partial charge in [0.25, 0.3) is 5.91 Å². The van der Waals surface area contributed by atoms with Gasteiger partial charge in [0.15, 0.2) is 5.78 Å². The fourth-order valence-corrected chi connectivity index (χ4v) is 5.08. The molecule has 0 spiro atoms. The summed E-state index contributed by atoms with van der Waals surface area (Å²) in [4.78, 5) is 28.5. The van der Waals surface area contributed by atoms with Crippen molar-refractivity contribution in [1.29, 1.82) is 0 Å². The largest absolute Gasteiger partial charge is 0.416 e. The molecule has 8 heteroatoms. The maximum Gasteiger partial charge on any atom is 0.416 e. The van der Waals surface area contributed by atoms with E-state index in [1.807, 2.05) is 55.4 Å². The molecule has 1 unspecified atom stereocenters. The van der Waals surface area contributed by atoms with Gasteiger partial charge < -0.3 is 10.2 Å². The zero-order valence-corrected chi connectivity index (χ0v) is 22.0. The number of anilines is 2. The number of nitrogens with zero attached hydrogens (tertiary/aromatic N) is 1. The summed E-state index contributed by atoms with van der Waals surface area (Å²) in [5.41, 5.74) is 4.97. The molecular formula is C32H28F3N3O2. The monoisotopic (exact) mass is 543 g/mol. The van der Waals surface area contributed by atoms with E-state index in [-0.39, 0.29) is 11.7 Å². The first-order valence-electron chi connectivity index (χ1n) is 12.8. The number of carbonyl (C=O) groups excluding carboxylic acids is 2. The number of ketones is 1. The molecule has 40 heavy (non-hydrogen) atoms. The third-order valence-corrected chi connectivity index (χ3v) is 7.06. The van der Waals surface area contributed by atoms with Crippen LogP contribution in [0, 0.1) is 0 Å². The highest BCUT2D eigenvalue weighted by molar-refractivity contribution is 6.08. The van der Waals surface area contributed by atoms with Gasteiger partial charge in [-0.3, -0.25) is 14.9 Å². The Kier molecular flexibility index (Phi) is 7.45. The fourth-order valence-electron chi connectivity index (χ4n) is 5.08. The lowest BCUT2D eigenvalue weighted by Crippen LogP contribution is -2.24. The SMILES string of the molecule is CN(C)c1ccccc1CC(=O)C1NCc2cc(NC(=O)c3ccccc3-c3ccc(C(F)(F)F)cc3)ccc21. The molecule has 0 aromatic heterocycles. The first kappa shape index (κ1) is 27.1. The van der Waals surface area contributed by atoms with Crippen molar-refractivity contribution in [2.24, 2.45) is 0 Å². The Morgan fingerprint density at radius 3 is 2.35 bits per heavy atom. The lowest BCUT2D eigenvalue weighted by atomic mass is 9.96. The van der Waals surface area contributed by atoms with Gasteiger partial charge in [-0.15, -0.1) is 0 Å². The predicted octanol–water partition coefficient (Wildman–Crippen LogP) is 6.65. The third kappa shape index (κ3) is 5.62. The van der Waals surface area contributed by atoms with Crippen LogP contribution >= 0.6 is 0 Å². The first-order valence-corrected chi connectivity index (χ1v) is 12.8. The van der Waals surface area contributed by atoms with Crippen LogP contribution in [0.4, 0.5) is 24.5 Å². The average molecular weight is 544 g/mol. The molecule has 5 rings (SSSR count). The Bertz CT molecular complexity index is 1560. The molecule has 1 atom stereocenters. The molecule has 4 aromatic rings. The molecule has 0 fully saturated rings. The van der Waals surface area contributed by atoms with E-state index in [4.69, 9.17) is 0 Å². The summed E-state index contributed by atoms with van der Waals surface area (Å²) in [6, 6.07) is 24.4. The molecule has 0 aliphatic carbocycles. The molecule has 0 radical (unpaired) electrons. The second-order valence-electron chi connectivity index (χ2n) is 9.97. The van der Waals surface area contributed by atoms with Crippen LogP contribution in [-0.4, -0.2) is 25.8 Å². The van der Waals surface area contributed by atoms with Gasteiger partial charge in [-0.2, -0.15) is 13.2 Å². The standard InChI is InChI=1S/C32H28F3N3O2/c1-38(2)28-10-6-3-7-21(28)18-29(39)30-26-16-15-24(17-22(26)19-36-30)37-31(40)27-9-5-4-8-25(27)20-11-13-23(14-12-20)32(33,34)35/h3-17,30,36H,18-19H2,1-2H3,(H,37,40). The number of benzene rings is 4. The Labute approximate surface area is 230 Å². The van der Waals surface area contributed by atoms with Crippen LogP contribution in [0.2, 0.25) is 0 Å². The van der Waals surface area contributed by atoms with E-state index < -0.39 is 17.8 Å². The van der Waals surface area contributed by atoms with Crippen molar-refractivity contribution in [3.63, 3.8) is 0 Å². The van der Waals surface area contributed by atoms with Crippen LogP contribution in [0.5, 0.6) is 0 Å². The number of para-hydroxylation sites is 1. The molecule has 0 bridgehead atoms. The number of hydrogen-bond donors (Lipinski definition) is 2. The summed E-state index contributed by atoms with van der Waals surface area (Å²) < 4.78 is 39.0. The van der Waals surface area contributed by atoms with Gasteiger partial charge in [-0.1, -0.05) is 54.6 Å². The zero-order valence-electron chi connectivity index (χ0n) is 22.0. The maximum absolute atomic E-state index is 13.2. The summed E-state index contributed by atoms with van der Waals surface area (Å²) in [5, 5.41) is 6.19. The van der Waals surface area contributed by atoms with Crippen molar-refractivity contribution in [2.45, 2.75) is 25.2 Å². The molecule has 2 N–H and O–H groups in total. The summed E-state index contributed by atoms with van der Waals surface area (Å²) >= 11 is 0. The number of halogens is 3. The Morgan fingerprint density at radius 1 is 0.925 bits per heavy atom. The minimum absolute atomic E-state index is 0.0651. The van der Waals surface area contributed by atoms with E-state index in [1.165, 1.54) is 12.1 Å². The Hall–Kier alpha value is -4.43. The van der Waals surface area contributed by atoms with E-state index >= 15 is 0 Å². The highest BCUT2D eigenvalue weighted by atomic mass is 19.4. The topological polar surface area (TPSA) is 61.4 Å². The number of alkyl halides is 3. The molecule has 5 nitrogen and oxygen atoms in total. The zero-order chi connectivity index (χ0) is 28.4. The number of Topliss-reactive ketones (excluding diaryl/α,β-unsaturated/α-hetero) is 1. The van der Waals surface area contributed by atoms with Gasteiger partial charge in [-0.25, -0.2) is 0 Å². The Morgan fingerprint density at radius 2 is 1.62 bits per heavy atom. The van der Waals surface area contributed by atoms with E-state index in [9.17, 15) is 22.8 Å². The van der Waals surface area contributed by atoms with E-state index in [0.29, 0.717) is 35.3 Å². The molecule has 204 valence electrons. The summed E-state index contributed by atoms with van der Waals surface area (Å²) in [5.74, 6) is -0.315. The number of nitrogens with one attached hydrogen (secondary N) is 2. The molecular weight excluding hydrogens is 515 g/mol. The van der Waals surface area contributed by atoms with Crippen molar-refractivity contribution >= 4 is 23.1 Å². The maximum atomic E-state index is 13.2. The first-order chi connectivity index (χ1) is 19.1. The molecule has 0 saturated carbocycles. The highest BCUT2D eigenvalue weighted by Gasteiger charge is 2.31. The summed E-state index contributed by atoms with van der Waals surface area (Å²) in [6.45, 7) is 0.493. The summed E-state index contributed by atoms with van der Waals surface area (Å²) in [6.07, 6.45) is -4.14. The van der Waals surface area contributed by atoms with Gasteiger partial charge in [-0.05, 0) is 64.2 Å². The minimum atomic E-state index is -4.43. The van der Waals surface area contributed by atoms with Gasteiger partial charge >= 0.3 is 6.18 Å². The van der Waals surface area contributed by atoms with E-state index in [1.54, 1.807) is 30.3 Å². The van der Waals surface area contributed by atoms with Crippen molar-refractivity contribution in [3.8, 4) is 11.1 Å².